The van der Waals surface area contributed by atoms with Crippen LogP contribution in [0.25, 0.3) is 0 Å². The predicted octanol–water partition coefficient (Wildman–Crippen LogP) is 2.52. The van der Waals surface area contributed by atoms with E-state index < -0.39 is 5.97 Å². The first kappa shape index (κ1) is 9.90. The Hall–Kier alpha value is -1.29. The van der Waals surface area contributed by atoms with Crippen molar-refractivity contribution >= 4 is 23.4 Å². The molecule has 1 atom stereocenters. The third kappa shape index (κ3) is 1.53. The summed E-state index contributed by atoms with van der Waals surface area (Å²) in [7, 11) is 0. The highest BCUT2D eigenvalue weighted by Crippen LogP contribution is 2.44. The highest BCUT2D eigenvalue weighted by atomic mass is 32.2. The maximum absolute atomic E-state index is 10.9. The predicted molar refractivity (Wildman–Crippen MR) is 64.5 cm³/mol. The Morgan fingerprint density at radius 2 is 2.44 bits per heavy atom. The Morgan fingerprint density at radius 1 is 1.56 bits per heavy atom. The van der Waals surface area contributed by atoms with Crippen LogP contribution >= 0.6 is 11.8 Å². The molecule has 3 nitrogen and oxygen atoms in total. The van der Waals surface area contributed by atoms with Crippen molar-refractivity contribution in [1.29, 1.82) is 0 Å². The van der Waals surface area contributed by atoms with Crippen molar-refractivity contribution in [1.82, 2.24) is 0 Å². The molecular formula is C12H11NO2S. The zero-order valence-electron chi connectivity index (χ0n) is 8.64. The Labute approximate surface area is 97.6 Å². The van der Waals surface area contributed by atoms with Crippen molar-refractivity contribution in [2.24, 2.45) is 4.99 Å². The quantitative estimate of drug-likeness (QED) is 0.757. The van der Waals surface area contributed by atoms with E-state index in [0.717, 1.165) is 23.6 Å². The number of allylic oxidation sites excluding steroid dienone is 5. The molecule has 82 valence electrons. The molecule has 0 saturated heterocycles. The van der Waals surface area contributed by atoms with E-state index in [1.165, 1.54) is 22.9 Å². The molecule has 16 heavy (non-hydrogen) atoms. The van der Waals surface area contributed by atoms with Gasteiger partial charge < -0.3 is 5.11 Å². The highest BCUT2D eigenvalue weighted by Gasteiger charge is 2.33. The summed E-state index contributed by atoms with van der Waals surface area (Å²) in [5.41, 5.74) is 3.47. The minimum absolute atomic E-state index is 0.334. The average Bonchev–Trinajstić information content (AvgIpc) is 2.68. The van der Waals surface area contributed by atoms with Crippen molar-refractivity contribution in [2.45, 2.75) is 24.5 Å². The minimum atomic E-state index is -0.730. The summed E-state index contributed by atoms with van der Waals surface area (Å²) >= 11 is 1.39. The number of rotatable bonds is 1. The maximum Gasteiger partial charge on any atom is 0.317 e. The minimum Gasteiger partial charge on any atom is -0.480 e. The third-order valence-corrected chi connectivity index (χ3v) is 4.25. The number of carboxylic acid groups (broad SMARTS) is 1. The summed E-state index contributed by atoms with van der Waals surface area (Å²) in [4.78, 5) is 15.5. The molecule has 0 radical (unpaired) electrons. The number of hydrogen-bond donors (Lipinski definition) is 1. The fourth-order valence-electron chi connectivity index (χ4n) is 2.17. The number of carbonyl (C=O) groups is 1. The van der Waals surface area contributed by atoms with Crippen LogP contribution in [-0.4, -0.2) is 22.0 Å². The lowest BCUT2D eigenvalue weighted by molar-refractivity contribution is -0.136. The number of nitrogens with zero attached hydrogens (tertiary/aromatic N) is 1. The van der Waals surface area contributed by atoms with Crippen LogP contribution in [0.1, 0.15) is 19.3 Å². The van der Waals surface area contributed by atoms with Gasteiger partial charge in [-0.05, 0) is 36.5 Å². The number of carboxylic acids is 1. The first-order valence-corrected chi connectivity index (χ1v) is 6.18. The van der Waals surface area contributed by atoms with Gasteiger partial charge in [0.2, 0.25) is 0 Å². The molecule has 0 aromatic heterocycles. The molecule has 2 aliphatic heterocycles. The zero-order valence-corrected chi connectivity index (χ0v) is 9.46. The second kappa shape index (κ2) is 3.63. The number of thioether (sulfide) groups is 1. The van der Waals surface area contributed by atoms with Crippen molar-refractivity contribution in [3.05, 3.63) is 34.4 Å². The second-order valence-corrected chi connectivity index (χ2v) is 5.29. The topological polar surface area (TPSA) is 49.7 Å². The Morgan fingerprint density at radius 3 is 3.25 bits per heavy atom. The molecule has 1 unspecified atom stereocenters. The zero-order chi connectivity index (χ0) is 11.1. The molecule has 1 aliphatic carbocycles. The smallest absolute Gasteiger partial charge is 0.317 e. The Bertz CT molecular complexity index is 485. The molecule has 0 amide bonds. The van der Waals surface area contributed by atoms with Crippen LogP contribution in [0.5, 0.6) is 0 Å². The van der Waals surface area contributed by atoms with Gasteiger partial charge in [0.15, 0.2) is 0 Å². The van der Waals surface area contributed by atoms with Crippen molar-refractivity contribution in [2.75, 3.05) is 0 Å². The summed E-state index contributed by atoms with van der Waals surface area (Å²) in [6.07, 6.45) is 8.80. The monoisotopic (exact) mass is 233 g/mol. The standard InChI is InChI=1S/C12H11NO2S/c14-12(15)10-6-8-5-7-3-1-2-4-9(7)13-11(8)16-10/h2-4,10H,1,5-6H2,(H,14,15). The van der Waals surface area contributed by atoms with Crippen LogP contribution in [0.4, 0.5) is 0 Å². The molecule has 0 aromatic carbocycles. The van der Waals surface area contributed by atoms with E-state index in [9.17, 15) is 4.79 Å². The highest BCUT2D eigenvalue weighted by molar-refractivity contribution is 8.04. The fourth-order valence-corrected chi connectivity index (χ4v) is 3.30. The van der Waals surface area contributed by atoms with E-state index in [-0.39, 0.29) is 5.25 Å². The molecule has 1 N–H and O–H groups in total. The van der Waals surface area contributed by atoms with Crippen molar-refractivity contribution in [3.63, 3.8) is 0 Å². The second-order valence-electron chi connectivity index (χ2n) is 4.10. The van der Waals surface area contributed by atoms with Crippen LogP contribution in [-0.2, 0) is 4.79 Å². The summed E-state index contributed by atoms with van der Waals surface area (Å²) in [6, 6.07) is 0. The van der Waals surface area contributed by atoms with E-state index in [1.54, 1.807) is 0 Å². The van der Waals surface area contributed by atoms with Gasteiger partial charge in [0, 0.05) is 0 Å². The van der Waals surface area contributed by atoms with Crippen LogP contribution in [0.3, 0.4) is 0 Å². The molecule has 3 rings (SSSR count). The Kier molecular flexibility index (Phi) is 2.24. The molecule has 0 bridgehead atoms. The fraction of sp³-hybridized carbons (Fsp3) is 0.333. The molecule has 0 fully saturated rings. The van der Waals surface area contributed by atoms with E-state index in [4.69, 9.17) is 5.11 Å². The van der Waals surface area contributed by atoms with Crippen molar-refractivity contribution < 1.29 is 9.90 Å². The first-order valence-electron chi connectivity index (χ1n) is 5.30. The average molecular weight is 233 g/mol. The number of hydrogen-bond acceptors (Lipinski definition) is 3. The van der Waals surface area contributed by atoms with Gasteiger partial charge >= 0.3 is 5.97 Å². The summed E-state index contributed by atoms with van der Waals surface area (Å²) < 4.78 is 0. The van der Waals surface area contributed by atoms with Crippen LogP contribution < -0.4 is 0 Å². The molecule has 0 saturated carbocycles. The largest absolute Gasteiger partial charge is 0.480 e. The molecule has 3 aliphatic rings. The van der Waals surface area contributed by atoms with Gasteiger partial charge in [0.05, 0.1) is 10.7 Å². The number of aliphatic carboxylic acids is 1. The van der Waals surface area contributed by atoms with Gasteiger partial charge in [-0.15, -0.1) is 0 Å². The van der Waals surface area contributed by atoms with Gasteiger partial charge in [-0.3, -0.25) is 4.79 Å². The van der Waals surface area contributed by atoms with E-state index >= 15 is 0 Å². The summed E-state index contributed by atoms with van der Waals surface area (Å²) in [5.74, 6) is -0.730. The van der Waals surface area contributed by atoms with E-state index in [2.05, 4.69) is 17.1 Å². The molecule has 2 heterocycles. The number of aliphatic imine (C=N–C) groups is 1. The normalized spacial score (nSPS) is 27.1. The third-order valence-electron chi connectivity index (χ3n) is 2.99. The van der Waals surface area contributed by atoms with E-state index in [0.29, 0.717) is 6.42 Å². The lowest BCUT2D eigenvalue weighted by atomic mass is 9.93. The first-order chi connectivity index (χ1) is 7.74. The van der Waals surface area contributed by atoms with Gasteiger partial charge in [0.25, 0.3) is 0 Å². The van der Waals surface area contributed by atoms with Gasteiger partial charge in [-0.25, -0.2) is 4.99 Å². The van der Waals surface area contributed by atoms with Crippen molar-refractivity contribution in [3.8, 4) is 0 Å². The van der Waals surface area contributed by atoms with Gasteiger partial charge in [0.1, 0.15) is 5.25 Å². The van der Waals surface area contributed by atoms with Crippen LogP contribution in [0.15, 0.2) is 39.4 Å². The molecule has 0 spiro atoms. The number of fused-ring (bicyclic) bond motifs is 1. The maximum atomic E-state index is 10.9. The summed E-state index contributed by atoms with van der Waals surface area (Å²) in [5, 5.41) is 9.60. The lowest BCUT2D eigenvalue weighted by Crippen LogP contribution is -2.13. The summed E-state index contributed by atoms with van der Waals surface area (Å²) in [6.45, 7) is 0. The van der Waals surface area contributed by atoms with Crippen LogP contribution in [0.2, 0.25) is 0 Å². The van der Waals surface area contributed by atoms with Crippen LogP contribution in [0, 0.1) is 0 Å². The molecular weight excluding hydrogens is 222 g/mol. The Balaban J connectivity index is 1.90. The lowest BCUT2D eigenvalue weighted by Gasteiger charge is -2.17. The van der Waals surface area contributed by atoms with Gasteiger partial charge in [-0.2, -0.15) is 0 Å². The van der Waals surface area contributed by atoms with E-state index in [1.807, 2.05) is 6.08 Å². The molecule has 0 aromatic rings. The van der Waals surface area contributed by atoms with Gasteiger partial charge in [-0.1, -0.05) is 23.9 Å². The molecule has 4 heteroatoms. The SMILES string of the molecule is O=C(O)C1CC2=C(N=C3C=CCC=C3C2)S1.